The summed E-state index contributed by atoms with van der Waals surface area (Å²) in [5.74, 6) is 2.63. The van der Waals surface area contributed by atoms with E-state index in [-0.39, 0.29) is 5.78 Å². The summed E-state index contributed by atoms with van der Waals surface area (Å²) in [6.07, 6.45) is 11.1. The highest BCUT2D eigenvalue weighted by atomic mass is 16.1. The molecule has 0 fully saturated rings. The average molecular weight is 136 g/mol. The largest absolute Gasteiger partial charge is 0.295 e. The number of hydrogen-bond acceptors (Lipinski definition) is 1. The Morgan fingerprint density at radius 3 is 2.90 bits per heavy atom. The molecule has 0 aliphatic carbocycles. The minimum absolute atomic E-state index is 0.0979. The Hall–Kier alpha value is -1.03. The van der Waals surface area contributed by atoms with Crippen LogP contribution in [0.25, 0.3) is 0 Å². The van der Waals surface area contributed by atoms with Crippen molar-refractivity contribution in [2.45, 2.75) is 26.2 Å². The van der Waals surface area contributed by atoms with E-state index in [9.17, 15) is 4.79 Å². The zero-order valence-electron chi connectivity index (χ0n) is 6.26. The third kappa shape index (κ3) is 6.97. The van der Waals surface area contributed by atoms with Crippen molar-refractivity contribution in [3.63, 3.8) is 0 Å². The van der Waals surface area contributed by atoms with Crippen LogP contribution in [-0.2, 0) is 4.79 Å². The standard InChI is InChI=1S/C9H12O/c1-3-4-5-6-7-8-9(2)10/h1,7-8H,4-6H2,2H3/b8-7+. The summed E-state index contributed by atoms with van der Waals surface area (Å²) in [4.78, 5) is 10.3. The smallest absolute Gasteiger partial charge is 0.152 e. The maximum absolute atomic E-state index is 10.3. The average Bonchev–Trinajstić information content (AvgIpc) is 1.87. The Bertz CT molecular complexity index is 160. The molecule has 0 radical (unpaired) electrons. The summed E-state index contributed by atoms with van der Waals surface area (Å²) in [7, 11) is 0. The van der Waals surface area contributed by atoms with E-state index in [1.54, 1.807) is 6.08 Å². The van der Waals surface area contributed by atoms with E-state index in [0.29, 0.717) is 0 Å². The van der Waals surface area contributed by atoms with Crippen LogP contribution < -0.4 is 0 Å². The number of unbranched alkanes of at least 4 members (excludes halogenated alkanes) is 2. The molecule has 54 valence electrons. The van der Waals surface area contributed by atoms with E-state index in [4.69, 9.17) is 6.42 Å². The lowest BCUT2D eigenvalue weighted by Gasteiger charge is -1.85. The van der Waals surface area contributed by atoms with Gasteiger partial charge >= 0.3 is 0 Å². The van der Waals surface area contributed by atoms with Crippen LogP contribution in [0.1, 0.15) is 26.2 Å². The monoisotopic (exact) mass is 136 g/mol. The molecule has 0 saturated carbocycles. The van der Waals surface area contributed by atoms with Crippen molar-refractivity contribution in [3.05, 3.63) is 12.2 Å². The lowest BCUT2D eigenvalue weighted by atomic mass is 10.2. The molecule has 1 heteroatoms. The van der Waals surface area contributed by atoms with Gasteiger partial charge in [0.1, 0.15) is 0 Å². The second kappa shape index (κ2) is 6.10. The first kappa shape index (κ1) is 8.97. The number of terminal acetylenes is 1. The maximum atomic E-state index is 10.3. The van der Waals surface area contributed by atoms with E-state index < -0.39 is 0 Å². The van der Waals surface area contributed by atoms with Gasteiger partial charge < -0.3 is 0 Å². The Labute approximate surface area is 62.1 Å². The van der Waals surface area contributed by atoms with Gasteiger partial charge in [-0.05, 0) is 25.8 Å². The summed E-state index contributed by atoms with van der Waals surface area (Å²) in [5.41, 5.74) is 0. The molecule has 0 atom stereocenters. The fourth-order valence-corrected chi connectivity index (χ4v) is 0.571. The molecule has 0 rings (SSSR count). The van der Waals surface area contributed by atoms with E-state index in [0.717, 1.165) is 19.3 Å². The predicted octanol–water partition coefficient (Wildman–Crippen LogP) is 1.94. The molecule has 10 heavy (non-hydrogen) atoms. The molecule has 0 aliphatic rings. The van der Waals surface area contributed by atoms with Crippen molar-refractivity contribution in [2.75, 3.05) is 0 Å². The van der Waals surface area contributed by atoms with Gasteiger partial charge in [0.25, 0.3) is 0 Å². The van der Waals surface area contributed by atoms with Crippen molar-refractivity contribution < 1.29 is 4.79 Å². The Balaban J connectivity index is 3.20. The molecule has 0 spiro atoms. The van der Waals surface area contributed by atoms with Crippen LogP contribution in [0.2, 0.25) is 0 Å². The number of carbonyl (C=O) groups excluding carboxylic acids is 1. The normalized spacial score (nSPS) is 9.60. The summed E-state index contributed by atoms with van der Waals surface area (Å²) in [6, 6.07) is 0. The number of hydrogen-bond donors (Lipinski definition) is 0. The zero-order valence-corrected chi connectivity index (χ0v) is 6.26. The minimum Gasteiger partial charge on any atom is -0.295 e. The van der Waals surface area contributed by atoms with Gasteiger partial charge in [0, 0.05) is 6.42 Å². The maximum Gasteiger partial charge on any atom is 0.152 e. The van der Waals surface area contributed by atoms with Crippen LogP contribution in [-0.4, -0.2) is 5.78 Å². The van der Waals surface area contributed by atoms with Gasteiger partial charge in [-0.15, -0.1) is 12.3 Å². The molecule has 0 heterocycles. The van der Waals surface area contributed by atoms with Gasteiger partial charge in [0.2, 0.25) is 0 Å². The molecule has 0 aromatic heterocycles. The Morgan fingerprint density at radius 2 is 2.40 bits per heavy atom. The van der Waals surface area contributed by atoms with Crippen molar-refractivity contribution in [2.24, 2.45) is 0 Å². The zero-order chi connectivity index (χ0) is 7.82. The molecule has 0 bridgehead atoms. The van der Waals surface area contributed by atoms with E-state index in [2.05, 4.69) is 5.92 Å². The molecule has 0 N–H and O–H groups in total. The fourth-order valence-electron chi connectivity index (χ4n) is 0.571. The lowest BCUT2D eigenvalue weighted by molar-refractivity contribution is -0.112. The number of allylic oxidation sites excluding steroid dienone is 2. The summed E-state index contributed by atoms with van der Waals surface area (Å²) in [5, 5.41) is 0. The van der Waals surface area contributed by atoms with Gasteiger partial charge in [-0.3, -0.25) is 4.79 Å². The van der Waals surface area contributed by atoms with Gasteiger partial charge in [-0.2, -0.15) is 0 Å². The summed E-state index contributed by atoms with van der Waals surface area (Å²) >= 11 is 0. The fraction of sp³-hybridized carbons (Fsp3) is 0.444. The highest BCUT2D eigenvalue weighted by molar-refractivity contribution is 5.87. The third-order valence-electron chi connectivity index (χ3n) is 1.04. The predicted molar refractivity (Wildman–Crippen MR) is 42.5 cm³/mol. The van der Waals surface area contributed by atoms with Gasteiger partial charge in [-0.1, -0.05) is 6.08 Å². The van der Waals surface area contributed by atoms with Crippen LogP contribution in [0, 0.1) is 12.3 Å². The highest BCUT2D eigenvalue weighted by Gasteiger charge is 1.81. The molecule has 0 saturated heterocycles. The number of ketones is 1. The SMILES string of the molecule is C#CCCC/C=C/C(C)=O. The molecular weight excluding hydrogens is 124 g/mol. The molecule has 0 amide bonds. The van der Waals surface area contributed by atoms with Crippen molar-refractivity contribution in [1.82, 2.24) is 0 Å². The first-order valence-corrected chi connectivity index (χ1v) is 3.38. The molecular formula is C9H12O. The first-order chi connectivity index (χ1) is 4.77. The van der Waals surface area contributed by atoms with Crippen molar-refractivity contribution in [1.29, 1.82) is 0 Å². The quantitative estimate of drug-likeness (QED) is 0.328. The van der Waals surface area contributed by atoms with Crippen LogP contribution in [0.4, 0.5) is 0 Å². The van der Waals surface area contributed by atoms with E-state index in [1.165, 1.54) is 6.92 Å². The number of carbonyl (C=O) groups is 1. The molecule has 0 unspecified atom stereocenters. The second-order valence-corrected chi connectivity index (χ2v) is 2.11. The van der Waals surface area contributed by atoms with Crippen LogP contribution in [0.3, 0.4) is 0 Å². The highest BCUT2D eigenvalue weighted by Crippen LogP contribution is 1.94. The van der Waals surface area contributed by atoms with Crippen molar-refractivity contribution in [3.8, 4) is 12.3 Å². The third-order valence-corrected chi connectivity index (χ3v) is 1.04. The molecule has 0 aromatic rings. The Kier molecular flexibility index (Phi) is 5.47. The second-order valence-electron chi connectivity index (χ2n) is 2.11. The van der Waals surface area contributed by atoms with Gasteiger partial charge in [-0.25, -0.2) is 0 Å². The number of rotatable bonds is 4. The molecule has 0 aromatic carbocycles. The summed E-state index contributed by atoms with van der Waals surface area (Å²) in [6.45, 7) is 1.54. The summed E-state index contributed by atoms with van der Waals surface area (Å²) < 4.78 is 0. The molecule has 0 aliphatic heterocycles. The van der Waals surface area contributed by atoms with E-state index in [1.807, 2.05) is 6.08 Å². The van der Waals surface area contributed by atoms with Crippen LogP contribution >= 0.6 is 0 Å². The first-order valence-electron chi connectivity index (χ1n) is 3.38. The topological polar surface area (TPSA) is 17.1 Å². The Morgan fingerprint density at radius 1 is 1.70 bits per heavy atom. The van der Waals surface area contributed by atoms with Gasteiger partial charge in [0.15, 0.2) is 5.78 Å². The van der Waals surface area contributed by atoms with Crippen LogP contribution in [0.15, 0.2) is 12.2 Å². The van der Waals surface area contributed by atoms with Crippen LogP contribution in [0.5, 0.6) is 0 Å². The van der Waals surface area contributed by atoms with E-state index >= 15 is 0 Å². The molecule has 1 nitrogen and oxygen atoms in total. The van der Waals surface area contributed by atoms with Gasteiger partial charge in [0.05, 0.1) is 0 Å². The van der Waals surface area contributed by atoms with Crippen molar-refractivity contribution >= 4 is 5.78 Å². The lowest BCUT2D eigenvalue weighted by Crippen LogP contribution is -1.79. The minimum atomic E-state index is 0.0979.